The third-order valence-electron chi connectivity index (χ3n) is 5.25. The van der Waals surface area contributed by atoms with E-state index in [4.69, 9.17) is 0 Å². The van der Waals surface area contributed by atoms with Crippen molar-refractivity contribution in [2.45, 2.75) is 19.4 Å². The second-order valence-corrected chi connectivity index (χ2v) is 7.05. The third-order valence-corrected chi connectivity index (χ3v) is 5.25. The third kappa shape index (κ3) is 3.08. The number of carbonyl (C=O) groups is 1. The lowest BCUT2D eigenvalue weighted by Crippen LogP contribution is -2.39. The van der Waals surface area contributed by atoms with Crippen molar-refractivity contribution in [1.82, 2.24) is 34.8 Å². The van der Waals surface area contributed by atoms with E-state index in [9.17, 15) is 4.79 Å². The topological polar surface area (TPSA) is 92.6 Å². The Bertz CT molecular complexity index is 1150. The van der Waals surface area contributed by atoms with Crippen molar-refractivity contribution < 1.29 is 4.79 Å². The van der Waals surface area contributed by atoms with Crippen LogP contribution in [0.15, 0.2) is 60.9 Å². The van der Waals surface area contributed by atoms with Gasteiger partial charge in [0.15, 0.2) is 0 Å². The molecule has 0 bridgehead atoms. The molecule has 3 heterocycles. The van der Waals surface area contributed by atoms with Gasteiger partial charge in [-0.25, -0.2) is 10.1 Å². The van der Waals surface area contributed by atoms with Crippen LogP contribution in [0, 0.1) is 6.92 Å². The molecule has 5 rings (SSSR count). The molecular weight excluding hydrogens is 366 g/mol. The molecule has 0 radical (unpaired) electrons. The molecule has 1 aliphatic heterocycles. The highest BCUT2D eigenvalue weighted by molar-refractivity contribution is 5.90. The van der Waals surface area contributed by atoms with Gasteiger partial charge in [-0.05, 0) is 23.6 Å². The van der Waals surface area contributed by atoms with Crippen molar-refractivity contribution >= 4 is 5.91 Å². The van der Waals surface area contributed by atoms with Crippen LogP contribution in [0.2, 0.25) is 0 Å². The quantitative estimate of drug-likeness (QED) is 0.585. The van der Waals surface area contributed by atoms with Crippen molar-refractivity contribution in [3.05, 3.63) is 89.3 Å². The summed E-state index contributed by atoms with van der Waals surface area (Å²) in [6, 6.07) is 18.6. The molecule has 2 aromatic heterocycles. The van der Waals surface area contributed by atoms with Crippen molar-refractivity contribution in [2.75, 3.05) is 6.54 Å². The Balaban J connectivity index is 1.49. The van der Waals surface area contributed by atoms with E-state index >= 15 is 0 Å². The molecule has 0 fully saturated rings. The molecule has 1 amide bonds. The van der Waals surface area contributed by atoms with Gasteiger partial charge in [0.2, 0.25) is 11.8 Å². The first-order valence-corrected chi connectivity index (χ1v) is 9.42. The molecule has 0 saturated carbocycles. The van der Waals surface area contributed by atoms with E-state index in [2.05, 4.69) is 55.6 Å². The summed E-state index contributed by atoms with van der Waals surface area (Å²) >= 11 is 0. The molecule has 1 atom stereocenters. The van der Waals surface area contributed by atoms with Crippen LogP contribution in [0.1, 0.15) is 39.1 Å². The first kappa shape index (κ1) is 17.3. The first-order chi connectivity index (χ1) is 14.2. The standard InChI is InChI=1S/C21H19N7O/c1-14-24-19(26-28(14)21-22-13-23-25-21)20(29)27-11-16-9-5-6-10-17(16)18(12-27)15-7-3-2-4-8-15/h2-10,13,18H,11-12H2,1H3,(H,22,23,25). The summed E-state index contributed by atoms with van der Waals surface area (Å²) < 4.78 is 1.49. The summed E-state index contributed by atoms with van der Waals surface area (Å²) in [6.45, 7) is 2.90. The number of aromatic nitrogens is 6. The van der Waals surface area contributed by atoms with Gasteiger partial charge >= 0.3 is 0 Å². The lowest BCUT2D eigenvalue weighted by Gasteiger charge is -2.34. The molecule has 0 spiro atoms. The van der Waals surface area contributed by atoms with Crippen LogP contribution in [0.3, 0.4) is 0 Å². The predicted molar refractivity (Wildman–Crippen MR) is 106 cm³/mol. The number of hydrogen-bond acceptors (Lipinski definition) is 5. The van der Waals surface area contributed by atoms with Gasteiger partial charge in [-0.3, -0.25) is 4.79 Å². The maximum atomic E-state index is 13.3. The number of hydrogen-bond donors (Lipinski definition) is 1. The van der Waals surface area contributed by atoms with Gasteiger partial charge < -0.3 is 4.90 Å². The highest BCUT2D eigenvalue weighted by atomic mass is 16.2. The zero-order valence-electron chi connectivity index (χ0n) is 15.9. The number of nitrogens with one attached hydrogen (secondary N) is 1. The molecule has 29 heavy (non-hydrogen) atoms. The van der Waals surface area contributed by atoms with Gasteiger partial charge in [-0.2, -0.15) is 14.8 Å². The number of H-pyrrole nitrogens is 1. The average molecular weight is 385 g/mol. The SMILES string of the molecule is Cc1nc(C(=O)N2Cc3ccccc3C(c3ccccc3)C2)nn1-c1ncn[nH]1. The number of benzene rings is 2. The molecule has 4 aromatic rings. The smallest absolute Gasteiger partial charge is 0.293 e. The van der Waals surface area contributed by atoms with Gasteiger partial charge in [0, 0.05) is 19.0 Å². The Hall–Kier alpha value is -3.81. The summed E-state index contributed by atoms with van der Waals surface area (Å²) in [6.07, 6.45) is 1.39. The van der Waals surface area contributed by atoms with Crippen molar-refractivity contribution in [3.63, 3.8) is 0 Å². The van der Waals surface area contributed by atoms with Gasteiger partial charge in [0.1, 0.15) is 12.2 Å². The fourth-order valence-electron chi connectivity index (χ4n) is 3.86. The molecule has 1 aliphatic rings. The Morgan fingerprint density at radius 3 is 2.69 bits per heavy atom. The van der Waals surface area contributed by atoms with Gasteiger partial charge in [0.25, 0.3) is 5.91 Å². The Kier molecular flexibility index (Phi) is 4.16. The van der Waals surface area contributed by atoms with E-state index in [0.29, 0.717) is 24.9 Å². The van der Waals surface area contributed by atoms with Crippen LogP contribution in [-0.2, 0) is 6.54 Å². The fourth-order valence-corrected chi connectivity index (χ4v) is 3.86. The van der Waals surface area contributed by atoms with E-state index in [1.165, 1.54) is 22.1 Å². The van der Waals surface area contributed by atoms with Crippen molar-refractivity contribution in [1.29, 1.82) is 0 Å². The van der Waals surface area contributed by atoms with Gasteiger partial charge in [0.05, 0.1) is 0 Å². The first-order valence-electron chi connectivity index (χ1n) is 9.42. The van der Waals surface area contributed by atoms with E-state index in [0.717, 1.165) is 5.56 Å². The second-order valence-electron chi connectivity index (χ2n) is 7.05. The van der Waals surface area contributed by atoms with Crippen LogP contribution in [0.25, 0.3) is 5.95 Å². The number of rotatable bonds is 3. The second kappa shape index (κ2) is 6.97. The van der Waals surface area contributed by atoms with Crippen LogP contribution in [0.4, 0.5) is 0 Å². The van der Waals surface area contributed by atoms with E-state index < -0.39 is 0 Å². The van der Waals surface area contributed by atoms with Crippen molar-refractivity contribution in [3.8, 4) is 5.95 Å². The van der Waals surface area contributed by atoms with Crippen LogP contribution < -0.4 is 0 Å². The van der Waals surface area contributed by atoms with Crippen LogP contribution >= 0.6 is 0 Å². The molecule has 2 aromatic carbocycles. The Labute approximate surface area is 167 Å². The van der Waals surface area contributed by atoms with Crippen molar-refractivity contribution in [2.24, 2.45) is 0 Å². The molecule has 8 heteroatoms. The molecular formula is C21H19N7O. The Morgan fingerprint density at radius 2 is 1.90 bits per heavy atom. The molecule has 8 nitrogen and oxygen atoms in total. The predicted octanol–water partition coefficient (Wildman–Crippen LogP) is 2.48. The van der Waals surface area contributed by atoms with Crippen LogP contribution in [-0.4, -0.2) is 47.3 Å². The van der Waals surface area contributed by atoms with E-state index in [1.807, 2.05) is 29.2 Å². The zero-order valence-corrected chi connectivity index (χ0v) is 15.9. The molecule has 144 valence electrons. The monoisotopic (exact) mass is 385 g/mol. The highest BCUT2D eigenvalue weighted by Gasteiger charge is 2.31. The zero-order chi connectivity index (χ0) is 19.8. The maximum Gasteiger partial charge on any atom is 0.293 e. The molecule has 0 saturated heterocycles. The minimum absolute atomic E-state index is 0.113. The van der Waals surface area contributed by atoms with E-state index in [-0.39, 0.29) is 17.6 Å². The van der Waals surface area contributed by atoms with Gasteiger partial charge in [-0.15, -0.1) is 5.10 Å². The number of carbonyl (C=O) groups excluding carboxylic acids is 1. The number of aryl methyl sites for hydroxylation is 1. The number of fused-ring (bicyclic) bond motifs is 1. The highest BCUT2D eigenvalue weighted by Crippen LogP contribution is 2.33. The van der Waals surface area contributed by atoms with Crippen LogP contribution in [0.5, 0.6) is 0 Å². The number of nitrogens with zero attached hydrogens (tertiary/aromatic N) is 6. The summed E-state index contributed by atoms with van der Waals surface area (Å²) in [5, 5.41) is 10.9. The molecule has 1 unspecified atom stereocenters. The lowest BCUT2D eigenvalue weighted by atomic mass is 9.84. The summed E-state index contributed by atoms with van der Waals surface area (Å²) in [7, 11) is 0. The fraction of sp³-hybridized carbons (Fsp3) is 0.190. The van der Waals surface area contributed by atoms with Gasteiger partial charge in [-0.1, -0.05) is 54.6 Å². The largest absolute Gasteiger partial charge is 0.331 e. The molecule has 1 N–H and O–H groups in total. The summed E-state index contributed by atoms with van der Waals surface area (Å²) in [5.74, 6) is 1.08. The normalized spacial score (nSPS) is 15.9. The van der Waals surface area contributed by atoms with E-state index in [1.54, 1.807) is 6.92 Å². The lowest BCUT2D eigenvalue weighted by molar-refractivity contribution is 0.0712. The number of aromatic amines is 1. The molecule has 0 aliphatic carbocycles. The maximum absolute atomic E-state index is 13.3. The number of amides is 1. The minimum atomic E-state index is -0.193. The Morgan fingerprint density at radius 1 is 1.10 bits per heavy atom. The average Bonchev–Trinajstić information content (AvgIpc) is 3.42. The summed E-state index contributed by atoms with van der Waals surface area (Å²) in [5.41, 5.74) is 3.60. The summed E-state index contributed by atoms with van der Waals surface area (Å²) in [4.78, 5) is 23.5. The minimum Gasteiger partial charge on any atom is -0.331 e.